The van der Waals surface area contributed by atoms with E-state index in [-0.39, 0.29) is 0 Å². The van der Waals surface area contributed by atoms with Gasteiger partial charge in [-0.05, 0) is 73.8 Å². The second-order valence-corrected chi connectivity index (χ2v) is 6.83. The zero-order valence-electron chi connectivity index (χ0n) is 12.8. The van der Waals surface area contributed by atoms with E-state index in [0.717, 1.165) is 48.1 Å². The van der Waals surface area contributed by atoms with Gasteiger partial charge in [-0.3, -0.25) is 0 Å². The first-order chi connectivity index (χ1) is 8.77. The molecule has 106 valence electrons. The maximum atomic E-state index is 11.0. The Hall–Kier alpha value is -1.02. The lowest BCUT2D eigenvalue weighted by atomic mass is 9.68. The molecule has 2 heteroatoms. The van der Waals surface area contributed by atoms with Crippen LogP contribution < -0.4 is 4.74 Å². The van der Waals surface area contributed by atoms with Gasteiger partial charge < -0.3 is 9.84 Å². The lowest BCUT2D eigenvalue weighted by Crippen LogP contribution is -2.35. The average Bonchev–Trinajstić information content (AvgIpc) is 2.36. The van der Waals surface area contributed by atoms with Crippen LogP contribution in [0.4, 0.5) is 0 Å². The Morgan fingerprint density at radius 3 is 2.11 bits per heavy atom. The summed E-state index contributed by atoms with van der Waals surface area (Å²) < 4.78 is 5.35. The van der Waals surface area contributed by atoms with Gasteiger partial charge in [0.05, 0.1) is 12.7 Å². The quantitative estimate of drug-likeness (QED) is 0.869. The van der Waals surface area contributed by atoms with Gasteiger partial charge in [-0.2, -0.15) is 0 Å². The van der Waals surface area contributed by atoms with Gasteiger partial charge in [0.1, 0.15) is 5.75 Å². The summed E-state index contributed by atoms with van der Waals surface area (Å²) in [6.45, 7) is 8.68. The third-order valence-corrected chi connectivity index (χ3v) is 4.67. The highest BCUT2D eigenvalue weighted by molar-refractivity contribution is 5.44. The zero-order chi connectivity index (χ0) is 14.3. The van der Waals surface area contributed by atoms with E-state index in [1.165, 1.54) is 0 Å². The molecule has 1 N–H and O–H groups in total. The van der Waals surface area contributed by atoms with Crippen LogP contribution in [0.3, 0.4) is 0 Å². The summed E-state index contributed by atoms with van der Waals surface area (Å²) in [6, 6.07) is 4.15. The second-order valence-electron chi connectivity index (χ2n) is 6.83. The lowest BCUT2D eigenvalue weighted by molar-refractivity contribution is -0.0310. The SMILES string of the molecule is COc1cc(C)c(C2(O)CCC(C)(C)CC2)cc1C. The number of hydrogen-bond acceptors (Lipinski definition) is 2. The molecule has 0 amide bonds. The zero-order valence-corrected chi connectivity index (χ0v) is 12.8. The Balaban J connectivity index is 2.34. The first-order valence-electron chi connectivity index (χ1n) is 7.15. The molecule has 2 rings (SSSR count). The van der Waals surface area contributed by atoms with Crippen molar-refractivity contribution in [2.75, 3.05) is 7.11 Å². The van der Waals surface area contributed by atoms with E-state index in [9.17, 15) is 5.11 Å². The fraction of sp³-hybridized carbons (Fsp3) is 0.647. The van der Waals surface area contributed by atoms with Gasteiger partial charge in [-0.25, -0.2) is 0 Å². The summed E-state index contributed by atoms with van der Waals surface area (Å²) in [4.78, 5) is 0. The molecule has 1 aromatic carbocycles. The summed E-state index contributed by atoms with van der Waals surface area (Å²) in [7, 11) is 1.69. The van der Waals surface area contributed by atoms with Gasteiger partial charge in [0.15, 0.2) is 0 Å². The Morgan fingerprint density at radius 1 is 1.00 bits per heavy atom. The van der Waals surface area contributed by atoms with Crippen LogP contribution in [0.1, 0.15) is 56.2 Å². The number of rotatable bonds is 2. The van der Waals surface area contributed by atoms with E-state index in [4.69, 9.17) is 4.74 Å². The minimum atomic E-state index is -0.656. The summed E-state index contributed by atoms with van der Waals surface area (Å²) in [6.07, 6.45) is 3.86. The molecule has 0 radical (unpaired) electrons. The predicted octanol–water partition coefficient (Wildman–Crippen LogP) is 4.10. The summed E-state index contributed by atoms with van der Waals surface area (Å²) in [5.41, 5.74) is 3.02. The molecule has 0 atom stereocenters. The van der Waals surface area contributed by atoms with Crippen LogP contribution in [0.2, 0.25) is 0 Å². The van der Waals surface area contributed by atoms with Gasteiger partial charge in [0.25, 0.3) is 0 Å². The van der Waals surface area contributed by atoms with Crippen molar-refractivity contribution in [3.63, 3.8) is 0 Å². The molecule has 0 bridgehead atoms. The first kappa shape index (κ1) is 14.4. The second kappa shape index (κ2) is 4.82. The van der Waals surface area contributed by atoms with Gasteiger partial charge in [-0.15, -0.1) is 0 Å². The maximum absolute atomic E-state index is 11.0. The number of ether oxygens (including phenoxy) is 1. The highest BCUT2D eigenvalue weighted by Crippen LogP contribution is 2.46. The summed E-state index contributed by atoms with van der Waals surface area (Å²) >= 11 is 0. The molecule has 0 spiro atoms. The van der Waals surface area contributed by atoms with Crippen LogP contribution >= 0.6 is 0 Å². The normalized spacial score (nSPS) is 21.2. The summed E-state index contributed by atoms with van der Waals surface area (Å²) in [5.74, 6) is 0.904. The van der Waals surface area contributed by atoms with Crippen molar-refractivity contribution in [1.82, 2.24) is 0 Å². The van der Waals surface area contributed by atoms with Crippen molar-refractivity contribution < 1.29 is 9.84 Å². The van der Waals surface area contributed by atoms with Crippen LogP contribution in [0.15, 0.2) is 12.1 Å². The van der Waals surface area contributed by atoms with E-state index < -0.39 is 5.60 Å². The van der Waals surface area contributed by atoms with Crippen LogP contribution in [0.5, 0.6) is 5.75 Å². The minimum Gasteiger partial charge on any atom is -0.496 e. The molecule has 0 saturated heterocycles. The molecule has 0 aromatic heterocycles. The minimum absolute atomic E-state index is 0.363. The van der Waals surface area contributed by atoms with Crippen molar-refractivity contribution in [1.29, 1.82) is 0 Å². The molecule has 1 aliphatic rings. The molecule has 19 heavy (non-hydrogen) atoms. The molecule has 1 aliphatic carbocycles. The highest BCUT2D eigenvalue weighted by atomic mass is 16.5. The third-order valence-electron chi connectivity index (χ3n) is 4.67. The van der Waals surface area contributed by atoms with E-state index in [0.29, 0.717) is 5.41 Å². The third kappa shape index (κ3) is 2.79. The molecule has 0 aliphatic heterocycles. The molecular weight excluding hydrogens is 236 g/mol. The topological polar surface area (TPSA) is 29.5 Å². The molecule has 1 fully saturated rings. The fourth-order valence-electron chi connectivity index (χ4n) is 3.12. The Morgan fingerprint density at radius 2 is 1.58 bits per heavy atom. The van der Waals surface area contributed by atoms with Gasteiger partial charge in [0.2, 0.25) is 0 Å². The summed E-state index contributed by atoms with van der Waals surface area (Å²) in [5, 5.41) is 11.0. The molecule has 1 aromatic rings. The van der Waals surface area contributed by atoms with Crippen LogP contribution in [-0.2, 0) is 5.60 Å². The average molecular weight is 262 g/mol. The van der Waals surface area contributed by atoms with Crippen molar-refractivity contribution in [2.24, 2.45) is 5.41 Å². The largest absolute Gasteiger partial charge is 0.496 e. The fourth-order valence-corrected chi connectivity index (χ4v) is 3.12. The number of aryl methyl sites for hydroxylation is 2. The Bertz CT molecular complexity index is 464. The van der Waals surface area contributed by atoms with Crippen LogP contribution in [0, 0.1) is 19.3 Å². The molecular formula is C17H26O2. The number of aliphatic hydroxyl groups is 1. The van der Waals surface area contributed by atoms with E-state index in [1.54, 1.807) is 7.11 Å². The van der Waals surface area contributed by atoms with Crippen LogP contribution in [0.25, 0.3) is 0 Å². The predicted molar refractivity (Wildman–Crippen MR) is 78.6 cm³/mol. The maximum Gasteiger partial charge on any atom is 0.122 e. The standard InChI is InChI=1S/C17H26O2/c1-12-11-15(19-5)13(2)10-14(12)17(18)8-6-16(3,4)7-9-17/h10-11,18H,6-9H2,1-5H3. The first-order valence-corrected chi connectivity index (χ1v) is 7.15. The van der Waals surface area contributed by atoms with Crippen molar-refractivity contribution >= 4 is 0 Å². The van der Waals surface area contributed by atoms with Gasteiger partial charge in [0, 0.05) is 0 Å². The van der Waals surface area contributed by atoms with Gasteiger partial charge in [-0.1, -0.05) is 13.8 Å². The Kier molecular flexibility index (Phi) is 3.65. The smallest absolute Gasteiger partial charge is 0.122 e. The molecule has 0 unspecified atom stereocenters. The lowest BCUT2D eigenvalue weighted by Gasteiger charge is -2.41. The number of hydrogen-bond donors (Lipinski definition) is 1. The van der Waals surface area contributed by atoms with Crippen molar-refractivity contribution in [3.8, 4) is 5.75 Å². The molecule has 0 heterocycles. The number of methoxy groups -OCH3 is 1. The van der Waals surface area contributed by atoms with E-state index in [1.807, 2.05) is 13.0 Å². The van der Waals surface area contributed by atoms with Gasteiger partial charge >= 0.3 is 0 Å². The monoisotopic (exact) mass is 262 g/mol. The Labute approximate surface area is 116 Å². The highest BCUT2D eigenvalue weighted by Gasteiger charge is 2.38. The molecule has 1 saturated carbocycles. The van der Waals surface area contributed by atoms with Crippen molar-refractivity contribution in [3.05, 3.63) is 28.8 Å². The van der Waals surface area contributed by atoms with Crippen LogP contribution in [-0.4, -0.2) is 12.2 Å². The van der Waals surface area contributed by atoms with E-state index >= 15 is 0 Å². The number of benzene rings is 1. The van der Waals surface area contributed by atoms with Crippen molar-refractivity contribution in [2.45, 2.75) is 59.0 Å². The van der Waals surface area contributed by atoms with E-state index in [2.05, 4.69) is 26.8 Å². The molecule has 2 nitrogen and oxygen atoms in total.